The number of nitrogens with zero attached hydrogens (tertiary/aromatic N) is 2. The number of ether oxygens (including phenoxy) is 1. The molecule has 1 saturated heterocycles. The Balaban J connectivity index is 1.64. The van der Waals surface area contributed by atoms with Crippen molar-refractivity contribution >= 4 is 17.5 Å². The monoisotopic (exact) mass is 358 g/mol. The maximum Gasteiger partial charge on any atom is 0.272 e. The predicted octanol–water partition coefficient (Wildman–Crippen LogP) is 4.49. The van der Waals surface area contributed by atoms with Crippen LogP contribution in [-0.2, 0) is 6.61 Å². The van der Waals surface area contributed by atoms with Crippen LogP contribution in [-0.4, -0.2) is 28.9 Å². The van der Waals surface area contributed by atoms with E-state index in [0.29, 0.717) is 29.0 Å². The van der Waals surface area contributed by atoms with Crippen molar-refractivity contribution in [3.63, 3.8) is 0 Å². The highest BCUT2D eigenvalue weighted by molar-refractivity contribution is 6.31. The van der Waals surface area contributed by atoms with Crippen molar-refractivity contribution in [3.8, 4) is 5.75 Å². The molecule has 0 unspecified atom stereocenters. The Morgan fingerprint density at radius 2 is 2.04 bits per heavy atom. The summed E-state index contributed by atoms with van der Waals surface area (Å²) < 4.78 is 5.75. The van der Waals surface area contributed by atoms with E-state index in [0.717, 1.165) is 37.2 Å². The number of aromatic nitrogens is 1. The minimum atomic E-state index is 0.00660. The van der Waals surface area contributed by atoms with Crippen LogP contribution in [0.5, 0.6) is 5.75 Å². The molecule has 4 nitrogen and oxygen atoms in total. The summed E-state index contributed by atoms with van der Waals surface area (Å²) in [5.74, 6) is 1.39. The first-order valence-electron chi connectivity index (χ1n) is 8.67. The van der Waals surface area contributed by atoms with E-state index >= 15 is 0 Å². The third-order valence-electron chi connectivity index (χ3n) is 4.63. The zero-order valence-corrected chi connectivity index (χ0v) is 15.4. The van der Waals surface area contributed by atoms with Crippen molar-refractivity contribution < 1.29 is 9.53 Å². The fourth-order valence-corrected chi connectivity index (χ4v) is 3.04. The van der Waals surface area contributed by atoms with E-state index in [1.807, 2.05) is 36.1 Å². The third kappa shape index (κ3) is 4.51. The average molecular weight is 359 g/mol. The highest BCUT2D eigenvalue weighted by Crippen LogP contribution is 2.22. The van der Waals surface area contributed by atoms with Crippen molar-refractivity contribution in [2.45, 2.75) is 33.3 Å². The molecule has 0 spiro atoms. The van der Waals surface area contributed by atoms with E-state index < -0.39 is 0 Å². The summed E-state index contributed by atoms with van der Waals surface area (Å²) in [6.45, 7) is 6.10. The number of piperidine rings is 1. The molecule has 5 heteroatoms. The smallest absolute Gasteiger partial charge is 0.272 e. The van der Waals surface area contributed by atoms with Crippen molar-refractivity contribution in [1.82, 2.24) is 9.88 Å². The van der Waals surface area contributed by atoms with Gasteiger partial charge in [-0.25, -0.2) is 4.98 Å². The van der Waals surface area contributed by atoms with E-state index in [4.69, 9.17) is 16.3 Å². The van der Waals surface area contributed by atoms with Crippen LogP contribution in [0.1, 0.15) is 41.5 Å². The molecule has 2 heterocycles. The predicted molar refractivity (Wildman–Crippen MR) is 99.1 cm³/mol. The Bertz CT molecular complexity index is 755. The van der Waals surface area contributed by atoms with E-state index in [9.17, 15) is 4.79 Å². The minimum absolute atomic E-state index is 0.00660. The van der Waals surface area contributed by atoms with Gasteiger partial charge in [0.2, 0.25) is 0 Å². The second kappa shape index (κ2) is 7.87. The van der Waals surface area contributed by atoms with Gasteiger partial charge < -0.3 is 9.64 Å². The van der Waals surface area contributed by atoms with Crippen LogP contribution in [0.25, 0.3) is 0 Å². The average Bonchev–Trinajstić information content (AvgIpc) is 2.63. The summed E-state index contributed by atoms with van der Waals surface area (Å²) in [5, 5.41) is 0.675. The second-order valence-electron chi connectivity index (χ2n) is 6.69. The van der Waals surface area contributed by atoms with Crippen LogP contribution in [0.2, 0.25) is 5.02 Å². The fraction of sp³-hybridized carbons (Fsp3) is 0.400. The molecule has 0 atom stereocenters. The summed E-state index contributed by atoms with van der Waals surface area (Å²) >= 11 is 6.11. The number of benzene rings is 1. The molecule has 0 saturated carbocycles. The zero-order chi connectivity index (χ0) is 17.8. The zero-order valence-electron chi connectivity index (χ0n) is 14.7. The molecule has 0 N–H and O–H groups in total. The molecule has 1 fully saturated rings. The number of halogens is 1. The molecule has 1 aliphatic heterocycles. The highest BCUT2D eigenvalue weighted by atomic mass is 35.5. The Morgan fingerprint density at radius 1 is 1.28 bits per heavy atom. The van der Waals surface area contributed by atoms with Crippen molar-refractivity contribution in [2.24, 2.45) is 5.92 Å². The van der Waals surface area contributed by atoms with Crippen molar-refractivity contribution in [2.75, 3.05) is 13.1 Å². The van der Waals surface area contributed by atoms with Gasteiger partial charge in [-0.15, -0.1) is 0 Å². The minimum Gasteiger partial charge on any atom is -0.487 e. The van der Waals surface area contributed by atoms with Gasteiger partial charge >= 0.3 is 0 Å². The molecule has 1 aliphatic rings. The van der Waals surface area contributed by atoms with Gasteiger partial charge in [-0.1, -0.05) is 30.7 Å². The fourth-order valence-electron chi connectivity index (χ4n) is 2.87. The Hall–Kier alpha value is -2.07. The number of amides is 1. The SMILES string of the molecule is Cc1ccc(OCc2cccc(C(=O)N3CCC(C)CC3)n2)cc1Cl. The lowest BCUT2D eigenvalue weighted by molar-refractivity contribution is 0.0690. The van der Waals surface area contributed by atoms with Gasteiger partial charge in [0, 0.05) is 18.1 Å². The lowest BCUT2D eigenvalue weighted by Crippen LogP contribution is -2.38. The molecular weight excluding hydrogens is 336 g/mol. The number of carbonyl (C=O) groups is 1. The van der Waals surface area contributed by atoms with Gasteiger partial charge in [-0.05, 0) is 55.5 Å². The largest absolute Gasteiger partial charge is 0.487 e. The summed E-state index contributed by atoms with van der Waals surface area (Å²) in [4.78, 5) is 19.0. The van der Waals surface area contributed by atoms with E-state index in [2.05, 4.69) is 11.9 Å². The third-order valence-corrected chi connectivity index (χ3v) is 5.03. The molecule has 2 aromatic rings. The molecule has 0 bridgehead atoms. The van der Waals surface area contributed by atoms with Gasteiger partial charge in [0.15, 0.2) is 0 Å². The molecular formula is C20H23ClN2O2. The molecule has 132 valence electrons. The van der Waals surface area contributed by atoms with Gasteiger partial charge in [0.1, 0.15) is 18.1 Å². The first-order chi connectivity index (χ1) is 12.0. The standard InChI is InChI=1S/C20H23ClN2O2/c1-14-8-10-23(11-9-14)20(24)19-5-3-4-16(22-19)13-25-17-7-6-15(2)18(21)12-17/h3-7,12,14H,8-11,13H2,1-2H3. The number of pyridine rings is 1. The van der Waals surface area contributed by atoms with Crippen LogP contribution in [0.4, 0.5) is 0 Å². The lowest BCUT2D eigenvalue weighted by Gasteiger charge is -2.30. The normalized spacial score (nSPS) is 15.2. The van der Waals surface area contributed by atoms with Gasteiger partial charge in [-0.3, -0.25) is 4.79 Å². The van der Waals surface area contributed by atoms with Crippen LogP contribution >= 0.6 is 11.6 Å². The number of rotatable bonds is 4. The number of hydrogen-bond donors (Lipinski definition) is 0. The topological polar surface area (TPSA) is 42.4 Å². The van der Waals surface area contributed by atoms with Gasteiger partial charge in [0.05, 0.1) is 5.69 Å². The highest BCUT2D eigenvalue weighted by Gasteiger charge is 2.22. The van der Waals surface area contributed by atoms with E-state index in [1.54, 1.807) is 12.1 Å². The quantitative estimate of drug-likeness (QED) is 0.808. The van der Waals surface area contributed by atoms with Crippen LogP contribution in [0.15, 0.2) is 36.4 Å². The molecule has 3 rings (SSSR count). The number of likely N-dealkylation sites (tertiary alicyclic amines) is 1. The Morgan fingerprint density at radius 3 is 2.76 bits per heavy atom. The van der Waals surface area contributed by atoms with Crippen LogP contribution in [0, 0.1) is 12.8 Å². The maximum absolute atomic E-state index is 12.6. The molecule has 25 heavy (non-hydrogen) atoms. The molecule has 0 aliphatic carbocycles. The molecule has 1 aromatic heterocycles. The van der Waals surface area contributed by atoms with Crippen molar-refractivity contribution in [3.05, 3.63) is 58.4 Å². The van der Waals surface area contributed by atoms with Gasteiger partial charge in [-0.2, -0.15) is 0 Å². The van der Waals surface area contributed by atoms with Crippen molar-refractivity contribution in [1.29, 1.82) is 0 Å². The lowest BCUT2D eigenvalue weighted by atomic mass is 9.99. The number of hydrogen-bond acceptors (Lipinski definition) is 3. The van der Waals surface area contributed by atoms with Crippen LogP contribution in [0.3, 0.4) is 0 Å². The van der Waals surface area contributed by atoms with E-state index in [-0.39, 0.29) is 5.91 Å². The summed E-state index contributed by atoms with van der Waals surface area (Å²) in [5.41, 5.74) is 2.22. The molecule has 1 amide bonds. The number of aryl methyl sites for hydroxylation is 1. The maximum atomic E-state index is 12.6. The first kappa shape index (κ1) is 17.7. The first-order valence-corrected chi connectivity index (χ1v) is 9.05. The number of carbonyl (C=O) groups excluding carboxylic acids is 1. The summed E-state index contributed by atoms with van der Waals surface area (Å²) in [7, 11) is 0. The molecule has 0 radical (unpaired) electrons. The Labute approximate surface area is 153 Å². The van der Waals surface area contributed by atoms with E-state index in [1.165, 1.54) is 0 Å². The molecule has 1 aromatic carbocycles. The van der Waals surface area contributed by atoms with Crippen LogP contribution < -0.4 is 4.74 Å². The second-order valence-corrected chi connectivity index (χ2v) is 7.10. The summed E-state index contributed by atoms with van der Waals surface area (Å²) in [6, 6.07) is 11.1. The Kier molecular flexibility index (Phi) is 5.59. The summed E-state index contributed by atoms with van der Waals surface area (Å²) in [6.07, 6.45) is 2.12. The van der Waals surface area contributed by atoms with Gasteiger partial charge in [0.25, 0.3) is 5.91 Å².